The molecule has 0 aromatic carbocycles. The Bertz CT molecular complexity index is 232. The Labute approximate surface area is 78.5 Å². The van der Waals surface area contributed by atoms with Crippen LogP contribution in [0.3, 0.4) is 0 Å². The maximum absolute atomic E-state index is 4.41. The van der Waals surface area contributed by atoms with E-state index in [9.17, 15) is 0 Å². The number of rotatable bonds is 3. The molecular weight excluding hydrogens is 164 g/mol. The first-order valence-corrected chi connectivity index (χ1v) is 4.99. The van der Waals surface area contributed by atoms with E-state index in [4.69, 9.17) is 0 Å². The molecule has 0 fully saturated rings. The molecule has 0 amide bonds. The highest BCUT2D eigenvalue weighted by Gasteiger charge is 2.08. The van der Waals surface area contributed by atoms with Gasteiger partial charge in [0.15, 0.2) is 0 Å². The van der Waals surface area contributed by atoms with Gasteiger partial charge in [-0.25, -0.2) is 0 Å². The molecule has 0 saturated carbocycles. The van der Waals surface area contributed by atoms with Gasteiger partial charge >= 0.3 is 0 Å². The summed E-state index contributed by atoms with van der Waals surface area (Å²) in [6, 6.07) is 0. The van der Waals surface area contributed by atoms with Crippen molar-refractivity contribution < 1.29 is 0 Å². The molecule has 13 heavy (non-hydrogen) atoms. The first-order valence-electron chi connectivity index (χ1n) is 4.99. The molecule has 2 heterocycles. The van der Waals surface area contributed by atoms with E-state index in [2.05, 4.69) is 20.6 Å². The van der Waals surface area contributed by atoms with Crippen LogP contribution in [0.4, 0.5) is 0 Å². The molecule has 4 nitrogen and oxygen atoms in total. The molecule has 2 aliphatic heterocycles. The number of nitrogens with zero attached hydrogens (tertiary/aromatic N) is 2. The van der Waals surface area contributed by atoms with E-state index < -0.39 is 0 Å². The van der Waals surface area contributed by atoms with Crippen LogP contribution >= 0.6 is 0 Å². The highest BCUT2D eigenvalue weighted by atomic mass is 15.1. The molecule has 0 aromatic heterocycles. The molecule has 0 aromatic rings. The Morgan fingerprint density at radius 3 is 2.15 bits per heavy atom. The van der Waals surface area contributed by atoms with E-state index >= 15 is 0 Å². The molecule has 2 rings (SSSR count). The molecular formula is C9H16N4. The largest absolute Gasteiger partial charge is 0.374 e. The van der Waals surface area contributed by atoms with E-state index in [0.717, 1.165) is 50.7 Å². The van der Waals surface area contributed by atoms with Gasteiger partial charge in [-0.2, -0.15) is 0 Å². The van der Waals surface area contributed by atoms with Crippen LogP contribution in [0.1, 0.15) is 19.3 Å². The summed E-state index contributed by atoms with van der Waals surface area (Å²) in [5, 5.41) is 6.57. The number of nitrogens with one attached hydrogen (secondary N) is 2. The summed E-state index contributed by atoms with van der Waals surface area (Å²) < 4.78 is 0. The van der Waals surface area contributed by atoms with Gasteiger partial charge in [0.25, 0.3) is 0 Å². The summed E-state index contributed by atoms with van der Waals surface area (Å²) in [4.78, 5) is 8.76. The smallest absolute Gasteiger partial charge is 0.0968 e. The summed E-state index contributed by atoms with van der Waals surface area (Å²) in [6.45, 7) is 4.02. The maximum atomic E-state index is 4.41. The second-order valence-electron chi connectivity index (χ2n) is 3.36. The van der Waals surface area contributed by atoms with Gasteiger partial charge in [0.05, 0.1) is 18.2 Å². The Balaban J connectivity index is 1.74. The van der Waals surface area contributed by atoms with Crippen molar-refractivity contribution in [3.05, 3.63) is 0 Å². The number of amidine groups is 2. The Morgan fingerprint density at radius 1 is 0.923 bits per heavy atom. The average molecular weight is 180 g/mol. The second kappa shape index (κ2) is 4.25. The highest BCUT2D eigenvalue weighted by molar-refractivity contribution is 5.90. The number of aliphatic imine (C=N–C) groups is 2. The van der Waals surface area contributed by atoms with Crippen molar-refractivity contribution in [3.63, 3.8) is 0 Å². The standard InChI is InChI=1S/C9H16N4/c1-4-10-8(11-5-1)2-3-9-12-6-7-13-9/h1-7H2,(H,10,11)(H,12,13). The first-order chi connectivity index (χ1) is 6.45. The number of hydrogen-bond donors (Lipinski definition) is 2. The minimum absolute atomic E-state index is 0.940. The molecule has 0 bridgehead atoms. The lowest BCUT2D eigenvalue weighted by molar-refractivity contribution is 0.725. The van der Waals surface area contributed by atoms with Gasteiger partial charge in [-0.1, -0.05) is 0 Å². The molecule has 2 aliphatic rings. The summed E-state index contributed by atoms with van der Waals surface area (Å²) in [6.07, 6.45) is 3.18. The first kappa shape index (κ1) is 8.53. The van der Waals surface area contributed by atoms with Gasteiger partial charge in [0.1, 0.15) is 0 Å². The molecule has 0 aliphatic carbocycles. The Hall–Kier alpha value is -1.06. The molecule has 0 saturated heterocycles. The average Bonchev–Trinajstić information content (AvgIpc) is 2.69. The van der Waals surface area contributed by atoms with E-state index in [-0.39, 0.29) is 0 Å². The van der Waals surface area contributed by atoms with Crippen LogP contribution in [-0.2, 0) is 0 Å². The van der Waals surface area contributed by atoms with Crippen LogP contribution in [0.15, 0.2) is 9.98 Å². The lowest BCUT2D eigenvalue weighted by Crippen LogP contribution is -2.30. The lowest BCUT2D eigenvalue weighted by atomic mass is 10.2. The summed E-state index contributed by atoms with van der Waals surface area (Å²) >= 11 is 0. The molecule has 2 N–H and O–H groups in total. The zero-order chi connectivity index (χ0) is 8.93. The molecule has 0 atom stereocenters. The lowest BCUT2D eigenvalue weighted by Gasteiger charge is -2.14. The maximum Gasteiger partial charge on any atom is 0.0968 e. The minimum atomic E-state index is 0.940. The SMILES string of the molecule is C1CN=C(CCC2=NCCN2)NC1. The van der Waals surface area contributed by atoms with E-state index in [1.807, 2.05) is 0 Å². The predicted molar refractivity (Wildman–Crippen MR) is 54.5 cm³/mol. The Kier molecular flexibility index (Phi) is 2.79. The van der Waals surface area contributed by atoms with Crippen molar-refractivity contribution >= 4 is 11.7 Å². The quantitative estimate of drug-likeness (QED) is 0.650. The zero-order valence-corrected chi connectivity index (χ0v) is 7.84. The molecule has 72 valence electrons. The summed E-state index contributed by atoms with van der Waals surface area (Å²) in [5.41, 5.74) is 0. The van der Waals surface area contributed by atoms with Crippen molar-refractivity contribution in [1.29, 1.82) is 0 Å². The fourth-order valence-electron chi connectivity index (χ4n) is 1.60. The van der Waals surface area contributed by atoms with Crippen LogP contribution in [0.5, 0.6) is 0 Å². The van der Waals surface area contributed by atoms with Crippen LogP contribution in [0, 0.1) is 0 Å². The molecule has 0 unspecified atom stereocenters. The van der Waals surface area contributed by atoms with Gasteiger partial charge in [-0.3, -0.25) is 9.98 Å². The highest BCUT2D eigenvalue weighted by Crippen LogP contribution is 2.00. The van der Waals surface area contributed by atoms with Gasteiger partial charge in [-0.05, 0) is 6.42 Å². The van der Waals surface area contributed by atoms with Gasteiger partial charge in [0.2, 0.25) is 0 Å². The fraction of sp³-hybridized carbons (Fsp3) is 0.778. The predicted octanol–water partition coefficient (Wildman–Crippen LogP) is 0.160. The molecule has 0 spiro atoms. The topological polar surface area (TPSA) is 48.8 Å². The minimum Gasteiger partial charge on any atom is -0.374 e. The van der Waals surface area contributed by atoms with Crippen LogP contribution < -0.4 is 10.6 Å². The van der Waals surface area contributed by atoms with Gasteiger partial charge < -0.3 is 10.6 Å². The van der Waals surface area contributed by atoms with Crippen LogP contribution in [0.25, 0.3) is 0 Å². The van der Waals surface area contributed by atoms with E-state index in [1.165, 1.54) is 6.42 Å². The second-order valence-corrected chi connectivity index (χ2v) is 3.36. The normalized spacial score (nSPS) is 21.5. The third-order valence-corrected chi connectivity index (χ3v) is 2.31. The summed E-state index contributed by atoms with van der Waals surface area (Å²) in [5.74, 6) is 2.30. The number of hydrogen-bond acceptors (Lipinski definition) is 4. The van der Waals surface area contributed by atoms with Crippen LogP contribution in [-0.4, -0.2) is 37.9 Å². The van der Waals surface area contributed by atoms with Crippen LogP contribution in [0.2, 0.25) is 0 Å². The summed E-state index contributed by atoms with van der Waals surface area (Å²) in [7, 11) is 0. The molecule has 4 heteroatoms. The van der Waals surface area contributed by atoms with E-state index in [0.29, 0.717) is 0 Å². The Morgan fingerprint density at radius 2 is 1.62 bits per heavy atom. The van der Waals surface area contributed by atoms with Crippen molar-refractivity contribution in [3.8, 4) is 0 Å². The van der Waals surface area contributed by atoms with Crippen molar-refractivity contribution in [2.45, 2.75) is 19.3 Å². The third-order valence-electron chi connectivity index (χ3n) is 2.31. The third kappa shape index (κ3) is 2.44. The van der Waals surface area contributed by atoms with Crippen molar-refractivity contribution in [2.24, 2.45) is 9.98 Å². The van der Waals surface area contributed by atoms with Gasteiger partial charge in [-0.15, -0.1) is 0 Å². The van der Waals surface area contributed by atoms with Crippen molar-refractivity contribution in [2.75, 3.05) is 26.2 Å². The zero-order valence-electron chi connectivity index (χ0n) is 7.84. The molecule has 0 radical (unpaired) electrons. The fourth-order valence-corrected chi connectivity index (χ4v) is 1.60. The van der Waals surface area contributed by atoms with E-state index in [1.54, 1.807) is 0 Å². The van der Waals surface area contributed by atoms with Crippen molar-refractivity contribution in [1.82, 2.24) is 10.6 Å². The monoisotopic (exact) mass is 180 g/mol. The van der Waals surface area contributed by atoms with Gasteiger partial charge in [0, 0.05) is 32.5 Å².